The first-order chi connectivity index (χ1) is 15.3. The summed E-state index contributed by atoms with van der Waals surface area (Å²) in [5, 5.41) is 11.2. The Morgan fingerprint density at radius 1 is 1.09 bits per heavy atom. The number of fused-ring (bicyclic) bond motifs is 2. The molecule has 1 aliphatic carbocycles. The van der Waals surface area contributed by atoms with Gasteiger partial charge in [-0.05, 0) is 49.1 Å². The van der Waals surface area contributed by atoms with E-state index in [-0.39, 0.29) is 29.5 Å². The fourth-order valence-electron chi connectivity index (χ4n) is 4.60. The second kappa shape index (κ2) is 7.57. The highest BCUT2D eigenvalue weighted by atomic mass is 19.4. The number of aromatic nitrogens is 4. The molecule has 5 rings (SSSR count). The molecule has 0 radical (unpaired) electrons. The van der Waals surface area contributed by atoms with Crippen molar-refractivity contribution in [1.29, 1.82) is 0 Å². The van der Waals surface area contributed by atoms with Crippen LogP contribution >= 0.6 is 0 Å². The van der Waals surface area contributed by atoms with Crippen molar-refractivity contribution in [2.75, 3.05) is 11.9 Å². The van der Waals surface area contributed by atoms with Crippen molar-refractivity contribution in [3.63, 3.8) is 0 Å². The summed E-state index contributed by atoms with van der Waals surface area (Å²) in [5.74, 6) is -0.320. The maximum absolute atomic E-state index is 14.0. The van der Waals surface area contributed by atoms with Crippen LogP contribution in [-0.4, -0.2) is 49.4 Å². The molecule has 1 saturated carbocycles. The highest BCUT2D eigenvalue weighted by molar-refractivity contribution is 5.98. The first-order valence-corrected chi connectivity index (χ1v) is 10.1. The molecule has 11 heteroatoms. The van der Waals surface area contributed by atoms with Gasteiger partial charge in [-0.25, -0.2) is 9.37 Å². The third-order valence-corrected chi connectivity index (χ3v) is 5.99. The van der Waals surface area contributed by atoms with Gasteiger partial charge in [0.15, 0.2) is 0 Å². The molecule has 2 aliphatic rings. The van der Waals surface area contributed by atoms with Gasteiger partial charge in [-0.2, -0.15) is 28.2 Å². The van der Waals surface area contributed by atoms with Crippen LogP contribution < -0.4 is 5.32 Å². The van der Waals surface area contributed by atoms with E-state index < -0.39 is 17.6 Å². The van der Waals surface area contributed by atoms with E-state index in [9.17, 15) is 22.4 Å². The molecule has 1 aliphatic heterocycles. The van der Waals surface area contributed by atoms with Crippen LogP contribution in [0.25, 0.3) is 5.69 Å². The fraction of sp³-hybridized carbons (Fsp3) is 0.333. The molecule has 1 aromatic carbocycles. The molecule has 1 N–H and O–H groups in total. The number of rotatable bonds is 4. The van der Waals surface area contributed by atoms with Gasteiger partial charge < -0.3 is 10.2 Å². The van der Waals surface area contributed by atoms with Crippen LogP contribution in [0.3, 0.4) is 0 Å². The van der Waals surface area contributed by atoms with Crippen molar-refractivity contribution >= 4 is 11.7 Å². The average Bonchev–Trinajstić information content (AvgIpc) is 3.50. The normalized spacial score (nSPS) is 22.4. The first-order valence-electron chi connectivity index (χ1n) is 10.1. The highest BCUT2D eigenvalue weighted by Crippen LogP contribution is 2.40. The summed E-state index contributed by atoms with van der Waals surface area (Å²) in [6, 6.07) is 5.79. The SMILES string of the molecule is O=C(c1cc(F)ccc1-n1nccn1)N1C[C@H]2C[C@@H](Nc3ccc(C(F)(F)F)cn3)[C@@H]1C2. The third kappa shape index (κ3) is 3.67. The number of halogens is 4. The molecule has 3 aromatic rings. The lowest BCUT2D eigenvalue weighted by atomic mass is 10.0. The van der Waals surface area contributed by atoms with Crippen LogP contribution in [0.5, 0.6) is 0 Å². The summed E-state index contributed by atoms with van der Waals surface area (Å²) in [6.45, 7) is 0.532. The van der Waals surface area contributed by atoms with Crippen LogP contribution in [0.15, 0.2) is 48.9 Å². The Bertz CT molecular complexity index is 1130. The standard InChI is InChI=1S/C21H18F4N6O/c22-14-2-3-17(31-27-5-6-28-31)15(9-14)20(32)30-11-12-7-16(18(30)8-12)29-19-4-1-13(10-26-19)21(23,24)25/h1-6,9-10,12,16,18H,7-8,11H2,(H,26,29)/t12-,16+,18-/m0/s1. The summed E-state index contributed by atoms with van der Waals surface area (Å²) in [4.78, 5) is 20.2. The van der Waals surface area contributed by atoms with Gasteiger partial charge in [-0.3, -0.25) is 4.79 Å². The van der Waals surface area contributed by atoms with E-state index >= 15 is 0 Å². The van der Waals surface area contributed by atoms with Gasteiger partial charge in [0.1, 0.15) is 11.6 Å². The van der Waals surface area contributed by atoms with Crippen molar-refractivity contribution in [2.45, 2.75) is 31.1 Å². The molecular weight excluding hydrogens is 428 g/mol. The summed E-state index contributed by atoms with van der Waals surface area (Å²) >= 11 is 0. The lowest BCUT2D eigenvalue weighted by Crippen LogP contribution is -2.48. The van der Waals surface area contributed by atoms with Gasteiger partial charge in [-0.1, -0.05) is 0 Å². The highest BCUT2D eigenvalue weighted by Gasteiger charge is 2.47. The van der Waals surface area contributed by atoms with E-state index in [0.29, 0.717) is 18.1 Å². The van der Waals surface area contributed by atoms with E-state index in [1.54, 1.807) is 4.90 Å². The zero-order valence-electron chi connectivity index (χ0n) is 16.6. The number of hydrogen-bond donors (Lipinski definition) is 1. The molecule has 2 aromatic heterocycles. The Hall–Kier alpha value is -3.50. The minimum Gasteiger partial charge on any atom is -0.365 e. The molecule has 3 heterocycles. The van der Waals surface area contributed by atoms with E-state index in [2.05, 4.69) is 20.5 Å². The van der Waals surface area contributed by atoms with E-state index in [4.69, 9.17) is 0 Å². The van der Waals surface area contributed by atoms with Crippen LogP contribution in [0.2, 0.25) is 0 Å². The lowest BCUT2D eigenvalue weighted by molar-refractivity contribution is -0.137. The van der Waals surface area contributed by atoms with Gasteiger partial charge in [0.05, 0.1) is 35.2 Å². The fourth-order valence-corrected chi connectivity index (χ4v) is 4.60. The Morgan fingerprint density at radius 3 is 2.53 bits per heavy atom. The van der Waals surface area contributed by atoms with Gasteiger partial charge in [0.2, 0.25) is 0 Å². The minimum absolute atomic E-state index is 0.153. The Morgan fingerprint density at radius 2 is 1.88 bits per heavy atom. The quantitative estimate of drug-likeness (QED) is 0.621. The minimum atomic E-state index is -4.45. The molecule has 166 valence electrons. The molecule has 32 heavy (non-hydrogen) atoms. The van der Waals surface area contributed by atoms with E-state index in [1.165, 1.54) is 41.5 Å². The molecule has 7 nitrogen and oxygen atoms in total. The summed E-state index contributed by atoms with van der Waals surface area (Å²) in [7, 11) is 0. The van der Waals surface area contributed by atoms with Gasteiger partial charge >= 0.3 is 6.18 Å². The number of hydrogen-bond acceptors (Lipinski definition) is 5. The number of nitrogens with zero attached hydrogens (tertiary/aromatic N) is 5. The zero-order chi connectivity index (χ0) is 22.5. The number of nitrogens with one attached hydrogen (secondary N) is 1. The molecule has 3 atom stereocenters. The molecule has 1 saturated heterocycles. The predicted molar refractivity (Wildman–Crippen MR) is 106 cm³/mol. The number of anilines is 1. The Kier molecular flexibility index (Phi) is 4.83. The molecular formula is C21H18F4N6O. The van der Waals surface area contributed by atoms with Crippen molar-refractivity contribution < 1.29 is 22.4 Å². The number of pyridine rings is 1. The number of likely N-dealkylation sites (tertiary alicyclic amines) is 1. The first kappa shape index (κ1) is 20.4. The van der Waals surface area contributed by atoms with E-state index in [0.717, 1.165) is 25.1 Å². The van der Waals surface area contributed by atoms with Crippen LogP contribution in [0.1, 0.15) is 28.8 Å². The van der Waals surface area contributed by atoms with Gasteiger partial charge in [0, 0.05) is 18.8 Å². The maximum atomic E-state index is 14.0. The molecule has 0 unspecified atom stereocenters. The van der Waals surface area contributed by atoms with E-state index in [1.807, 2.05) is 0 Å². The molecule has 1 amide bonds. The molecule has 0 spiro atoms. The average molecular weight is 446 g/mol. The van der Waals surface area contributed by atoms with Gasteiger partial charge in [0.25, 0.3) is 5.91 Å². The monoisotopic (exact) mass is 446 g/mol. The second-order valence-electron chi connectivity index (χ2n) is 8.02. The number of alkyl halides is 3. The maximum Gasteiger partial charge on any atom is 0.417 e. The summed E-state index contributed by atoms with van der Waals surface area (Å²) in [6.07, 6.45) is 0.795. The Balaban J connectivity index is 1.37. The van der Waals surface area contributed by atoms with Crippen LogP contribution in [0.4, 0.5) is 23.4 Å². The summed E-state index contributed by atoms with van der Waals surface area (Å²) < 4.78 is 52.3. The predicted octanol–water partition coefficient (Wildman–Crippen LogP) is 3.54. The van der Waals surface area contributed by atoms with Crippen molar-refractivity contribution in [1.82, 2.24) is 24.9 Å². The number of amides is 1. The number of piperidine rings is 1. The smallest absolute Gasteiger partial charge is 0.365 e. The van der Waals surface area contributed by atoms with Gasteiger partial charge in [-0.15, -0.1) is 0 Å². The Labute approximate surface area is 180 Å². The van der Waals surface area contributed by atoms with Crippen LogP contribution in [0, 0.1) is 11.7 Å². The molecule has 2 bridgehead atoms. The van der Waals surface area contributed by atoms with Crippen molar-refractivity contribution in [3.05, 3.63) is 65.9 Å². The van der Waals surface area contributed by atoms with Crippen molar-refractivity contribution in [3.8, 4) is 5.69 Å². The lowest BCUT2D eigenvalue weighted by Gasteiger charge is -2.34. The van der Waals surface area contributed by atoms with Crippen molar-refractivity contribution in [2.24, 2.45) is 5.92 Å². The third-order valence-electron chi connectivity index (χ3n) is 5.99. The second-order valence-corrected chi connectivity index (χ2v) is 8.02. The largest absolute Gasteiger partial charge is 0.417 e. The topological polar surface area (TPSA) is 75.9 Å². The number of carbonyl (C=O) groups excluding carboxylic acids is 1. The number of benzene rings is 1. The van der Waals surface area contributed by atoms with Crippen LogP contribution in [-0.2, 0) is 6.18 Å². The number of carbonyl (C=O) groups is 1. The summed E-state index contributed by atoms with van der Waals surface area (Å²) in [5.41, 5.74) is -0.295. The zero-order valence-corrected chi connectivity index (χ0v) is 16.6. The molecule has 2 fully saturated rings.